The maximum atomic E-state index is 12.1. The molecule has 0 radical (unpaired) electrons. The second kappa shape index (κ2) is 9.39. The van der Waals surface area contributed by atoms with Gasteiger partial charge in [-0.05, 0) is 30.3 Å². The van der Waals surface area contributed by atoms with E-state index in [-0.39, 0.29) is 24.0 Å². The number of hydrogen-bond donors (Lipinski definition) is 1. The predicted octanol–water partition coefficient (Wildman–Crippen LogP) is 3.69. The van der Waals surface area contributed by atoms with Crippen molar-refractivity contribution in [3.63, 3.8) is 0 Å². The first kappa shape index (κ1) is 20.6. The number of rotatable bonds is 8. The zero-order chi connectivity index (χ0) is 20.8. The summed E-state index contributed by atoms with van der Waals surface area (Å²) < 4.78 is 7.31. The Bertz CT molecular complexity index is 1030. The Labute approximate surface area is 175 Å². The van der Waals surface area contributed by atoms with Crippen LogP contribution in [0.2, 0.25) is 5.02 Å². The van der Waals surface area contributed by atoms with Gasteiger partial charge in [-0.3, -0.25) is 14.9 Å². The fraction of sp³-hybridized carbons (Fsp3) is 0.167. The number of carbonyl (C=O) groups excluding carboxylic acids is 1. The van der Waals surface area contributed by atoms with E-state index in [1.54, 1.807) is 35.9 Å². The molecular weight excluding hydrogens is 418 g/mol. The van der Waals surface area contributed by atoms with Crippen LogP contribution >= 0.6 is 23.4 Å². The number of benzene rings is 2. The molecule has 0 saturated heterocycles. The molecule has 0 aliphatic carbocycles. The van der Waals surface area contributed by atoms with E-state index in [2.05, 4.69) is 15.5 Å². The first-order chi connectivity index (χ1) is 13.9. The van der Waals surface area contributed by atoms with E-state index >= 15 is 0 Å². The monoisotopic (exact) mass is 433 g/mol. The van der Waals surface area contributed by atoms with Gasteiger partial charge in [0.15, 0.2) is 11.0 Å². The minimum atomic E-state index is -0.474. The third-order valence-corrected chi connectivity index (χ3v) is 5.04. The van der Waals surface area contributed by atoms with E-state index in [9.17, 15) is 14.9 Å². The van der Waals surface area contributed by atoms with Crippen LogP contribution in [0.4, 0.5) is 11.4 Å². The predicted molar refractivity (Wildman–Crippen MR) is 109 cm³/mol. The standard InChI is InChI=1S/C18H16ClN5O4S/c1-23-16(10-28-15-7-5-14(6-8-15)24(26)27)21-22-18(23)29-11-17(25)20-13-4-2-3-12(19)9-13/h2-9H,10-11H2,1H3,(H,20,25). The molecule has 1 amide bonds. The molecule has 0 saturated carbocycles. The van der Waals surface area contributed by atoms with Crippen LogP contribution in [0.3, 0.4) is 0 Å². The molecule has 3 rings (SSSR count). The number of thioether (sulfide) groups is 1. The molecule has 0 aliphatic rings. The van der Waals surface area contributed by atoms with Gasteiger partial charge < -0.3 is 14.6 Å². The van der Waals surface area contributed by atoms with Gasteiger partial charge >= 0.3 is 0 Å². The molecule has 0 spiro atoms. The van der Waals surface area contributed by atoms with Crippen LogP contribution in [-0.4, -0.2) is 31.3 Å². The molecule has 2 aromatic carbocycles. The lowest BCUT2D eigenvalue weighted by atomic mass is 10.3. The van der Waals surface area contributed by atoms with Crippen molar-refractivity contribution in [3.05, 3.63) is 69.5 Å². The van der Waals surface area contributed by atoms with E-state index in [1.807, 2.05) is 0 Å². The Morgan fingerprint density at radius 1 is 1.28 bits per heavy atom. The lowest BCUT2D eigenvalue weighted by Gasteiger charge is -2.07. The number of halogens is 1. The number of nitrogens with zero attached hydrogens (tertiary/aromatic N) is 4. The van der Waals surface area contributed by atoms with Crippen LogP contribution in [0, 0.1) is 10.1 Å². The number of non-ortho nitro benzene ring substituents is 1. The minimum absolute atomic E-state index is 0.00857. The minimum Gasteiger partial charge on any atom is -0.486 e. The highest BCUT2D eigenvalue weighted by molar-refractivity contribution is 7.99. The smallest absolute Gasteiger partial charge is 0.269 e. The third-order valence-electron chi connectivity index (χ3n) is 3.78. The lowest BCUT2D eigenvalue weighted by molar-refractivity contribution is -0.384. The van der Waals surface area contributed by atoms with E-state index < -0.39 is 4.92 Å². The van der Waals surface area contributed by atoms with Gasteiger partial charge in [0, 0.05) is 29.9 Å². The maximum absolute atomic E-state index is 12.1. The van der Waals surface area contributed by atoms with Crippen LogP contribution < -0.4 is 10.1 Å². The highest BCUT2D eigenvalue weighted by Crippen LogP contribution is 2.20. The SMILES string of the molecule is Cn1c(COc2ccc([N+](=O)[O-])cc2)nnc1SCC(=O)Nc1cccc(Cl)c1. The molecule has 0 aliphatic heterocycles. The fourth-order valence-electron chi connectivity index (χ4n) is 2.30. The van der Waals surface area contributed by atoms with Gasteiger partial charge in [-0.15, -0.1) is 10.2 Å². The van der Waals surface area contributed by atoms with Crippen molar-refractivity contribution < 1.29 is 14.5 Å². The van der Waals surface area contributed by atoms with Crippen LogP contribution in [-0.2, 0) is 18.4 Å². The molecule has 0 fully saturated rings. The molecule has 1 heterocycles. The number of nitro benzene ring substituents is 1. The van der Waals surface area contributed by atoms with Gasteiger partial charge in [0.25, 0.3) is 5.69 Å². The summed E-state index contributed by atoms with van der Waals surface area (Å²) in [5, 5.41) is 22.7. The van der Waals surface area contributed by atoms with Gasteiger partial charge in [-0.1, -0.05) is 29.4 Å². The maximum Gasteiger partial charge on any atom is 0.269 e. The second-order valence-corrected chi connectivity index (χ2v) is 7.22. The summed E-state index contributed by atoms with van der Waals surface area (Å²) in [6.45, 7) is 0.135. The average Bonchev–Trinajstić information content (AvgIpc) is 3.04. The van der Waals surface area contributed by atoms with E-state index in [0.29, 0.717) is 27.4 Å². The molecule has 29 heavy (non-hydrogen) atoms. The van der Waals surface area contributed by atoms with Gasteiger partial charge in [-0.25, -0.2) is 0 Å². The summed E-state index contributed by atoms with van der Waals surface area (Å²) in [6, 6.07) is 12.7. The Balaban J connectivity index is 1.52. The zero-order valence-electron chi connectivity index (χ0n) is 15.2. The summed E-state index contributed by atoms with van der Waals surface area (Å²) in [5.74, 6) is 1.00. The molecular formula is C18H16ClN5O4S. The lowest BCUT2D eigenvalue weighted by Crippen LogP contribution is -2.14. The number of hydrogen-bond acceptors (Lipinski definition) is 7. The number of carbonyl (C=O) groups is 1. The van der Waals surface area contributed by atoms with E-state index in [1.165, 1.54) is 36.0 Å². The first-order valence-electron chi connectivity index (χ1n) is 8.36. The van der Waals surface area contributed by atoms with Crippen LogP contribution in [0.15, 0.2) is 53.7 Å². The highest BCUT2D eigenvalue weighted by Gasteiger charge is 2.13. The van der Waals surface area contributed by atoms with Crippen molar-refractivity contribution in [2.24, 2.45) is 7.05 Å². The number of nitro groups is 1. The summed E-state index contributed by atoms with van der Waals surface area (Å²) in [7, 11) is 1.77. The fourth-order valence-corrected chi connectivity index (χ4v) is 3.22. The molecule has 0 bridgehead atoms. The molecule has 11 heteroatoms. The van der Waals surface area contributed by atoms with Gasteiger partial charge in [-0.2, -0.15) is 0 Å². The first-order valence-corrected chi connectivity index (χ1v) is 9.72. The largest absolute Gasteiger partial charge is 0.486 e. The van der Waals surface area contributed by atoms with E-state index in [4.69, 9.17) is 16.3 Å². The van der Waals surface area contributed by atoms with Crippen molar-refractivity contribution in [2.45, 2.75) is 11.8 Å². The topological polar surface area (TPSA) is 112 Å². The summed E-state index contributed by atoms with van der Waals surface area (Å²) in [5.41, 5.74) is 0.615. The number of nitrogens with one attached hydrogen (secondary N) is 1. The van der Waals surface area contributed by atoms with Gasteiger partial charge in [0.05, 0.1) is 10.7 Å². The van der Waals surface area contributed by atoms with Gasteiger partial charge in [0.1, 0.15) is 12.4 Å². The van der Waals surface area contributed by atoms with Crippen LogP contribution in [0.25, 0.3) is 0 Å². The molecule has 0 atom stereocenters. The zero-order valence-corrected chi connectivity index (χ0v) is 16.8. The molecule has 9 nitrogen and oxygen atoms in total. The molecule has 1 N–H and O–H groups in total. The van der Waals surface area contributed by atoms with Crippen molar-refractivity contribution in [2.75, 3.05) is 11.1 Å². The Hall–Kier alpha value is -3.11. The Morgan fingerprint density at radius 3 is 2.72 bits per heavy atom. The van der Waals surface area contributed by atoms with Crippen molar-refractivity contribution in [1.29, 1.82) is 0 Å². The third kappa shape index (κ3) is 5.69. The average molecular weight is 434 g/mol. The number of aromatic nitrogens is 3. The normalized spacial score (nSPS) is 10.6. The van der Waals surface area contributed by atoms with Crippen molar-refractivity contribution in [3.8, 4) is 5.75 Å². The molecule has 3 aromatic rings. The molecule has 0 unspecified atom stereocenters. The summed E-state index contributed by atoms with van der Waals surface area (Å²) in [6.07, 6.45) is 0. The Kier molecular flexibility index (Phi) is 6.68. The molecule has 150 valence electrons. The molecule has 1 aromatic heterocycles. The second-order valence-electron chi connectivity index (χ2n) is 5.84. The Morgan fingerprint density at radius 2 is 2.03 bits per heavy atom. The number of ether oxygens (including phenoxy) is 1. The van der Waals surface area contributed by atoms with Crippen molar-refractivity contribution in [1.82, 2.24) is 14.8 Å². The summed E-state index contributed by atoms with van der Waals surface area (Å²) in [4.78, 5) is 22.3. The number of amides is 1. The quantitative estimate of drug-likeness (QED) is 0.327. The van der Waals surface area contributed by atoms with Crippen LogP contribution in [0.5, 0.6) is 5.75 Å². The number of anilines is 1. The summed E-state index contributed by atoms with van der Waals surface area (Å²) >= 11 is 7.14. The highest BCUT2D eigenvalue weighted by atomic mass is 35.5. The van der Waals surface area contributed by atoms with Gasteiger partial charge in [0.2, 0.25) is 5.91 Å². The van der Waals surface area contributed by atoms with Crippen molar-refractivity contribution >= 4 is 40.6 Å². The van der Waals surface area contributed by atoms with E-state index in [0.717, 1.165) is 0 Å². The van der Waals surface area contributed by atoms with Crippen LogP contribution in [0.1, 0.15) is 5.82 Å².